The summed E-state index contributed by atoms with van der Waals surface area (Å²) >= 11 is 0. The van der Waals surface area contributed by atoms with Crippen LogP contribution < -0.4 is 10.5 Å². The average molecular weight is 288 g/mol. The van der Waals surface area contributed by atoms with Crippen LogP contribution in [0.2, 0.25) is 0 Å². The second kappa shape index (κ2) is 6.99. The molecule has 0 saturated carbocycles. The monoisotopic (exact) mass is 288 g/mol. The Balaban J connectivity index is 2.19. The zero-order valence-corrected chi connectivity index (χ0v) is 12.4. The van der Waals surface area contributed by atoms with Crippen LogP contribution in [-0.2, 0) is 13.0 Å². The topological polar surface area (TPSA) is 83.0 Å². The van der Waals surface area contributed by atoms with Crippen molar-refractivity contribution < 1.29 is 9.53 Å². The number of hydrogen-bond donors (Lipinski definition) is 1. The van der Waals surface area contributed by atoms with Gasteiger partial charge >= 0.3 is 0 Å². The fraction of sp³-hybridized carbons (Fsp3) is 0.400. The van der Waals surface area contributed by atoms with Gasteiger partial charge in [-0.05, 0) is 44.5 Å². The Kier molecular flexibility index (Phi) is 5.05. The van der Waals surface area contributed by atoms with E-state index in [4.69, 9.17) is 10.5 Å². The zero-order valence-electron chi connectivity index (χ0n) is 12.4. The Bertz CT molecular complexity index is 622. The number of rotatable bonds is 7. The highest BCUT2D eigenvalue weighted by atomic mass is 16.5. The molecule has 1 aromatic carbocycles. The molecule has 6 heteroatoms. The summed E-state index contributed by atoms with van der Waals surface area (Å²) < 4.78 is 7.08. The maximum atomic E-state index is 11.5. The van der Waals surface area contributed by atoms with E-state index in [0.29, 0.717) is 18.7 Å². The van der Waals surface area contributed by atoms with E-state index in [2.05, 4.69) is 10.3 Å². The molecule has 0 atom stereocenters. The normalized spacial score (nSPS) is 10.6. The molecule has 1 aromatic heterocycles. The van der Waals surface area contributed by atoms with Crippen LogP contribution in [0.5, 0.6) is 5.75 Å². The number of methoxy groups -OCH3 is 1. The molecule has 0 bridgehead atoms. The van der Waals surface area contributed by atoms with Gasteiger partial charge in [0.2, 0.25) is 0 Å². The second-order valence-corrected chi connectivity index (χ2v) is 4.88. The number of aryl methyl sites for hydroxylation is 1. The van der Waals surface area contributed by atoms with E-state index >= 15 is 0 Å². The number of ether oxygens (including phenoxy) is 1. The number of hydrogen-bond acceptors (Lipinski definition) is 5. The SMILES string of the molecule is COc1ccc(C(C)=O)cc1Cn1cc(CCCN)nn1. The van der Waals surface area contributed by atoms with Crippen molar-refractivity contribution in [3.05, 3.63) is 41.2 Å². The average Bonchev–Trinajstić information content (AvgIpc) is 2.92. The van der Waals surface area contributed by atoms with Gasteiger partial charge in [-0.1, -0.05) is 5.21 Å². The van der Waals surface area contributed by atoms with E-state index < -0.39 is 0 Å². The minimum absolute atomic E-state index is 0.0288. The van der Waals surface area contributed by atoms with E-state index in [1.807, 2.05) is 12.3 Å². The van der Waals surface area contributed by atoms with Gasteiger partial charge in [-0.2, -0.15) is 0 Å². The van der Waals surface area contributed by atoms with Crippen LogP contribution in [-0.4, -0.2) is 34.4 Å². The van der Waals surface area contributed by atoms with Gasteiger partial charge in [0.15, 0.2) is 5.78 Å². The number of carbonyl (C=O) groups excluding carboxylic acids is 1. The third-order valence-electron chi connectivity index (χ3n) is 3.24. The van der Waals surface area contributed by atoms with Crippen molar-refractivity contribution in [2.45, 2.75) is 26.3 Å². The molecule has 112 valence electrons. The number of ketones is 1. The molecule has 2 aromatic rings. The van der Waals surface area contributed by atoms with Gasteiger partial charge in [-0.3, -0.25) is 4.79 Å². The molecule has 0 aliphatic rings. The minimum atomic E-state index is 0.0288. The zero-order chi connectivity index (χ0) is 15.2. The Labute approximate surface area is 123 Å². The van der Waals surface area contributed by atoms with E-state index in [9.17, 15) is 4.79 Å². The van der Waals surface area contributed by atoms with Crippen molar-refractivity contribution in [2.75, 3.05) is 13.7 Å². The molecule has 0 aliphatic heterocycles. The largest absolute Gasteiger partial charge is 0.496 e. The first-order chi connectivity index (χ1) is 10.1. The molecule has 0 spiro atoms. The molecule has 0 radical (unpaired) electrons. The summed E-state index contributed by atoms with van der Waals surface area (Å²) in [7, 11) is 1.61. The quantitative estimate of drug-likeness (QED) is 0.779. The Morgan fingerprint density at radius 3 is 2.90 bits per heavy atom. The van der Waals surface area contributed by atoms with Crippen LogP contribution in [0.3, 0.4) is 0 Å². The van der Waals surface area contributed by atoms with Crippen LogP contribution >= 0.6 is 0 Å². The van der Waals surface area contributed by atoms with Gasteiger partial charge in [0, 0.05) is 17.3 Å². The molecule has 0 aliphatic carbocycles. The summed E-state index contributed by atoms with van der Waals surface area (Å²) in [5.74, 6) is 0.764. The summed E-state index contributed by atoms with van der Waals surface area (Å²) in [6, 6.07) is 5.40. The molecule has 2 rings (SSSR count). The lowest BCUT2D eigenvalue weighted by Crippen LogP contribution is -2.04. The van der Waals surface area contributed by atoms with Crippen molar-refractivity contribution in [2.24, 2.45) is 5.73 Å². The highest BCUT2D eigenvalue weighted by Crippen LogP contribution is 2.21. The second-order valence-electron chi connectivity index (χ2n) is 4.88. The number of carbonyl (C=O) groups is 1. The third kappa shape index (κ3) is 3.88. The number of benzene rings is 1. The molecule has 0 amide bonds. The van der Waals surface area contributed by atoms with Crippen LogP contribution in [0.15, 0.2) is 24.4 Å². The van der Waals surface area contributed by atoms with Crippen molar-refractivity contribution in [3.8, 4) is 5.75 Å². The Morgan fingerprint density at radius 1 is 1.43 bits per heavy atom. The fourth-order valence-corrected chi connectivity index (χ4v) is 2.11. The van der Waals surface area contributed by atoms with Gasteiger partial charge in [0.25, 0.3) is 0 Å². The fourth-order valence-electron chi connectivity index (χ4n) is 2.11. The first-order valence-electron chi connectivity index (χ1n) is 6.91. The molecular formula is C15H20N4O2. The van der Waals surface area contributed by atoms with Crippen LogP contribution in [0.1, 0.15) is 35.0 Å². The number of aromatic nitrogens is 3. The first-order valence-corrected chi connectivity index (χ1v) is 6.91. The summed E-state index contributed by atoms with van der Waals surface area (Å²) in [6.45, 7) is 2.70. The molecule has 2 N–H and O–H groups in total. The summed E-state index contributed by atoms with van der Waals surface area (Å²) in [4.78, 5) is 11.5. The number of nitrogens with zero attached hydrogens (tertiary/aromatic N) is 3. The predicted molar refractivity (Wildman–Crippen MR) is 79.5 cm³/mol. The highest BCUT2D eigenvalue weighted by Gasteiger charge is 2.09. The summed E-state index contributed by atoms with van der Waals surface area (Å²) in [6.07, 6.45) is 3.61. The minimum Gasteiger partial charge on any atom is -0.496 e. The van der Waals surface area contributed by atoms with Crippen LogP contribution in [0, 0.1) is 0 Å². The summed E-state index contributed by atoms with van der Waals surface area (Å²) in [5.41, 5.74) is 7.97. The lowest BCUT2D eigenvalue weighted by atomic mass is 10.1. The van der Waals surface area contributed by atoms with E-state index in [1.165, 1.54) is 0 Å². The van der Waals surface area contributed by atoms with Gasteiger partial charge in [0.1, 0.15) is 5.75 Å². The Hall–Kier alpha value is -2.21. The summed E-state index contributed by atoms with van der Waals surface area (Å²) in [5, 5.41) is 8.21. The van der Waals surface area contributed by atoms with Crippen molar-refractivity contribution in [3.63, 3.8) is 0 Å². The maximum Gasteiger partial charge on any atom is 0.159 e. The van der Waals surface area contributed by atoms with E-state index in [1.54, 1.807) is 30.8 Å². The molecule has 6 nitrogen and oxygen atoms in total. The standard InChI is InChI=1S/C15H20N4O2/c1-11(20)12-5-6-15(21-2)13(8-12)9-19-10-14(17-18-19)4-3-7-16/h5-6,8,10H,3-4,7,9,16H2,1-2H3. The van der Waals surface area contributed by atoms with Crippen LogP contribution in [0.4, 0.5) is 0 Å². The number of nitrogens with two attached hydrogens (primary N) is 1. The van der Waals surface area contributed by atoms with Crippen molar-refractivity contribution in [1.82, 2.24) is 15.0 Å². The predicted octanol–water partition coefficient (Wildman–Crippen LogP) is 1.43. The molecule has 1 heterocycles. The van der Waals surface area contributed by atoms with Gasteiger partial charge in [-0.15, -0.1) is 5.10 Å². The van der Waals surface area contributed by atoms with Crippen molar-refractivity contribution in [1.29, 1.82) is 0 Å². The third-order valence-corrected chi connectivity index (χ3v) is 3.24. The van der Waals surface area contributed by atoms with E-state index in [-0.39, 0.29) is 5.78 Å². The van der Waals surface area contributed by atoms with Gasteiger partial charge in [-0.25, -0.2) is 4.68 Å². The van der Waals surface area contributed by atoms with Gasteiger partial charge < -0.3 is 10.5 Å². The molecule has 0 fully saturated rings. The maximum absolute atomic E-state index is 11.5. The molecule has 0 unspecified atom stereocenters. The molecular weight excluding hydrogens is 268 g/mol. The Morgan fingerprint density at radius 2 is 2.24 bits per heavy atom. The molecule has 0 saturated heterocycles. The molecule has 21 heavy (non-hydrogen) atoms. The van der Waals surface area contributed by atoms with E-state index in [0.717, 1.165) is 29.8 Å². The first kappa shape index (κ1) is 15.2. The van der Waals surface area contributed by atoms with Crippen molar-refractivity contribution >= 4 is 5.78 Å². The van der Waals surface area contributed by atoms with Crippen LogP contribution in [0.25, 0.3) is 0 Å². The highest BCUT2D eigenvalue weighted by molar-refractivity contribution is 5.94. The smallest absolute Gasteiger partial charge is 0.159 e. The number of Topliss-reactive ketones (excluding diaryl/α,β-unsaturated/α-hetero) is 1. The lowest BCUT2D eigenvalue weighted by Gasteiger charge is -2.09. The van der Waals surface area contributed by atoms with Gasteiger partial charge in [0.05, 0.1) is 19.3 Å². The lowest BCUT2D eigenvalue weighted by molar-refractivity contribution is 0.101.